The monoisotopic (exact) mass is 361 g/mol. The maximum Gasteiger partial charge on any atom is 0.266 e. The van der Waals surface area contributed by atoms with Crippen LogP contribution in [0.3, 0.4) is 0 Å². The van der Waals surface area contributed by atoms with Gasteiger partial charge < -0.3 is 0 Å². The van der Waals surface area contributed by atoms with Crippen molar-refractivity contribution in [1.82, 2.24) is 14.5 Å². The van der Waals surface area contributed by atoms with Gasteiger partial charge in [0.25, 0.3) is 5.56 Å². The van der Waals surface area contributed by atoms with Gasteiger partial charge in [0.2, 0.25) is 0 Å². The number of hydrogen-bond donors (Lipinski definition) is 0. The van der Waals surface area contributed by atoms with Crippen LogP contribution in [0.15, 0.2) is 57.0 Å². The molecular formula is C15H12BrN3OS. The van der Waals surface area contributed by atoms with E-state index in [9.17, 15) is 4.79 Å². The Morgan fingerprint density at radius 2 is 2.05 bits per heavy atom. The molecular weight excluding hydrogens is 350 g/mol. The first-order valence-electron chi connectivity index (χ1n) is 6.33. The maximum atomic E-state index is 12.4. The number of thioether (sulfide) groups is 1. The second-order valence-corrected chi connectivity index (χ2v) is 6.13. The molecule has 4 nitrogen and oxygen atoms in total. The molecule has 0 saturated carbocycles. The Morgan fingerprint density at radius 3 is 2.76 bits per heavy atom. The lowest BCUT2D eigenvalue weighted by molar-refractivity contribution is 0.768. The number of benzene rings is 1. The van der Waals surface area contributed by atoms with Crippen LogP contribution in [0.25, 0.3) is 11.0 Å². The highest BCUT2D eigenvalue weighted by Crippen LogP contribution is 2.18. The Labute approximate surface area is 134 Å². The molecule has 0 bridgehead atoms. The summed E-state index contributed by atoms with van der Waals surface area (Å²) in [6, 6.07) is 11.6. The van der Waals surface area contributed by atoms with Crippen molar-refractivity contribution in [2.75, 3.05) is 6.26 Å². The van der Waals surface area contributed by atoms with Crippen LogP contribution >= 0.6 is 27.7 Å². The summed E-state index contributed by atoms with van der Waals surface area (Å²) in [6.07, 6.45) is 3.67. The summed E-state index contributed by atoms with van der Waals surface area (Å²) in [6.45, 7) is 0.487. The summed E-state index contributed by atoms with van der Waals surface area (Å²) in [4.78, 5) is 21.2. The molecule has 0 aliphatic heterocycles. The molecule has 0 aliphatic rings. The highest BCUT2D eigenvalue weighted by Gasteiger charge is 2.10. The predicted octanol–water partition coefficient (Wildman–Crippen LogP) is 3.32. The van der Waals surface area contributed by atoms with Gasteiger partial charge >= 0.3 is 0 Å². The lowest BCUT2D eigenvalue weighted by Crippen LogP contribution is -2.22. The highest BCUT2D eigenvalue weighted by molar-refractivity contribution is 9.10. The van der Waals surface area contributed by atoms with Crippen LogP contribution in [0.5, 0.6) is 0 Å². The summed E-state index contributed by atoms with van der Waals surface area (Å²) in [5.41, 5.74) is 1.63. The van der Waals surface area contributed by atoms with Crippen LogP contribution in [-0.2, 0) is 6.54 Å². The second-order valence-electron chi connectivity index (χ2n) is 4.50. The van der Waals surface area contributed by atoms with Crippen LogP contribution in [0, 0.1) is 0 Å². The van der Waals surface area contributed by atoms with E-state index < -0.39 is 0 Å². The fourth-order valence-corrected chi connectivity index (χ4v) is 2.92. The minimum atomic E-state index is -0.0860. The Morgan fingerprint density at radius 1 is 1.29 bits per heavy atom. The average molecular weight is 362 g/mol. The third kappa shape index (κ3) is 2.87. The van der Waals surface area contributed by atoms with Gasteiger partial charge in [0.15, 0.2) is 5.16 Å². The largest absolute Gasteiger partial charge is 0.287 e. The van der Waals surface area contributed by atoms with Gasteiger partial charge in [0.05, 0.1) is 11.0 Å². The smallest absolute Gasteiger partial charge is 0.266 e. The first-order chi connectivity index (χ1) is 10.2. The number of nitrogens with zero attached hydrogens (tertiary/aromatic N) is 3. The lowest BCUT2D eigenvalue weighted by Gasteiger charge is -2.11. The molecule has 0 radical (unpaired) electrons. The Bertz CT molecular complexity index is 849. The van der Waals surface area contributed by atoms with Crippen molar-refractivity contribution in [2.45, 2.75) is 11.7 Å². The van der Waals surface area contributed by atoms with Crippen molar-refractivity contribution in [3.8, 4) is 0 Å². The van der Waals surface area contributed by atoms with Crippen LogP contribution in [0.1, 0.15) is 5.56 Å². The van der Waals surface area contributed by atoms with Crippen molar-refractivity contribution in [2.24, 2.45) is 0 Å². The van der Waals surface area contributed by atoms with Crippen molar-refractivity contribution in [3.05, 3.63) is 63.0 Å². The Balaban J connectivity index is 2.23. The quantitative estimate of drug-likeness (QED) is 0.530. The molecule has 0 atom stereocenters. The molecule has 0 unspecified atom stereocenters. The van der Waals surface area contributed by atoms with Gasteiger partial charge in [-0.25, -0.2) is 9.97 Å². The van der Waals surface area contributed by atoms with E-state index >= 15 is 0 Å². The minimum Gasteiger partial charge on any atom is -0.287 e. The molecule has 0 aliphatic carbocycles. The summed E-state index contributed by atoms with van der Waals surface area (Å²) in [7, 11) is 0. The van der Waals surface area contributed by atoms with Crippen molar-refractivity contribution in [1.29, 1.82) is 0 Å². The highest BCUT2D eigenvalue weighted by atomic mass is 79.9. The molecule has 1 aromatic carbocycles. The number of pyridine rings is 1. The summed E-state index contributed by atoms with van der Waals surface area (Å²) < 4.78 is 2.20. The minimum absolute atomic E-state index is 0.0860. The molecule has 0 N–H and O–H groups in total. The third-order valence-corrected chi connectivity index (χ3v) is 4.26. The van der Waals surface area contributed by atoms with E-state index in [1.807, 2.05) is 36.6 Å². The Kier molecular flexibility index (Phi) is 4.07. The molecule has 0 amide bonds. The second kappa shape index (κ2) is 5.99. The SMILES string of the molecule is CSc1ncc2cc(Br)c(=O)n(Cc3ccccc3)c2n1. The summed E-state index contributed by atoms with van der Waals surface area (Å²) in [5.74, 6) is 0. The number of aromatic nitrogens is 3. The number of hydrogen-bond acceptors (Lipinski definition) is 4. The van der Waals surface area contributed by atoms with Crippen LogP contribution < -0.4 is 5.56 Å². The van der Waals surface area contributed by atoms with Crippen LogP contribution in [0.4, 0.5) is 0 Å². The molecule has 0 fully saturated rings. The van der Waals surface area contributed by atoms with Gasteiger partial charge in [-0.1, -0.05) is 42.1 Å². The zero-order valence-corrected chi connectivity index (χ0v) is 13.7. The topological polar surface area (TPSA) is 47.8 Å². The molecule has 0 spiro atoms. The first-order valence-corrected chi connectivity index (χ1v) is 8.35. The van der Waals surface area contributed by atoms with E-state index in [1.165, 1.54) is 11.8 Å². The van der Waals surface area contributed by atoms with Gasteiger partial charge in [-0.05, 0) is 33.8 Å². The summed E-state index contributed by atoms with van der Waals surface area (Å²) in [5, 5.41) is 1.50. The molecule has 106 valence electrons. The molecule has 3 aromatic rings. The standard InChI is InChI=1S/C15H12BrN3OS/c1-21-15-17-8-11-7-12(16)14(20)19(13(11)18-15)9-10-5-3-2-4-6-10/h2-8H,9H2,1H3. The average Bonchev–Trinajstić information content (AvgIpc) is 2.52. The lowest BCUT2D eigenvalue weighted by atomic mass is 10.2. The van der Waals surface area contributed by atoms with Crippen molar-refractivity contribution >= 4 is 38.7 Å². The molecule has 2 heterocycles. The fraction of sp³-hybridized carbons (Fsp3) is 0.133. The zero-order chi connectivity index (χ0) is 14.8. The molecule has 6 heteroatoms. The maximum absolute atomic E-state index is 12.4. The van der Waals surface area contributed by atoms with E-state index in [-0.39, 0.29) is 5.56 Å². The Hall–Kier alpha value is -1.66. The third-order valence-electron chi connectivity index (χ3n) is 3.13. The fourth-order valence-electron chi connectivity index (χ4n) is 2.12. The van der Waals surface area contributed by atoms with Gasteiger partial charge in [-0.15, -0.1) is 0 Å². The normalized spacial score (nSPS) is 11.0. The molecule has 2 aromatic heterocycles. The molecule has 21 heavy (non-hydrogen) atoms. The van der Waals surface area contributed by atoms with Gasteiger partial charge in [0, 0.05) is 11.6 Å². The number of halogens is 1. The van der Waals surface area contributed by atoms with E-state index in [2.05, 4.69) is 25.9 Å². The van der Waals surface area contributed by atoms with Gasteiger partial charge in [-0.3, -0.25) is 9.36 Å². The van der Waals surface area contributed by atoms with Crippen molar-refractivity contribution < 1.29 is 0 Å². The van der Waals surface area contributed by atoms with Gasteiger partial charge in [-0.2, -0.15) is 0 Å². The van der Waals surface area contributed by atoms with Crippen LogP contribution in [0.2, 0.25) is 0 Å². The molecule has 3 rings (SSSR count). The van der Waals surface area contributed by atoms with E-state index in [0.29, 0.717) is 21.8 Å². The van der Waals surface area contributed by atoms with E-state index in [0.717, 1.165) is 10.9 Å². The van der Waals surface area contributed by atoms with Crippen molar-refractivity contribution in [3.63, 3.8) is 0 Å². The predicted molar refractivity (Wildman–Crippen MR) is 88.8 cm³/mol. The molecule has 0 saturated heterocycles. The number of rotatable bonds is 3. The van der Waals surface area contributed by atoms with E-state index in [4.69, 9.17) is 0 Å². The van der Waals surface area contributed by atoms with E-state index in [1.54, 1.807) is 16.8 Å². The van der Waals surface area contributed by atoms with Gasteiger partial charge in [0.1, 0.15) is 5.65 Å². The first kappa shape index (κ1) is 14.3. The van der Waals surface area contributed by atoms with Crippen LogP contribution in [-0.4, -0.2) is 20.8 Å². The number of fused-ring (bicyclic) bond motifs is 1. The zero-order valence-electron chi connectivity index (χ0n) is 11.3. The summed E-state index contributed by atoms with van der Waals surface area (Å²) >= 11 is 4.78.